The van der Waals surface area contributed by atoms with Crippen LogP contribution in [-0.4, -0.2) is 48.7 Å². The van der Waals surface area contributed by atoms with E-state index in [9.17, 15) is 9.90 Å². The average molecular weight is 298 g/mol. The number of nitrogens with zero attached hydrogens (tertiary/aromatic N) is 1. The van der Waals surface area contributed by atoms with E-state index in [0.29, 0.717) is 13.1 Å². The number of unbranched alkanes of at least 4 members (excludes halogenated alkanes) is 1. The normalized spacial score (nSPS) is 25.6. The summed E-state index contributed by atoms with van der Waals surface area (Å²) < 4.78 is 0. The van der Waals surface area contributed by atoms with Crippen molar-refractivity contribution in [2.75, 3.05) is 27.2 Å². The fourth-order valence-electron chi connectivity index (χ4n) is 3.37. The molecule has 0 saturated heterocycles. The van der Waals surface area contributed by atoms with Gasteiger partial charge >= 0.3 is 0 Å². The summed E-state index contributed by atoms with van der Waals surface area (Å²) in [4.78, 5) is 14.2. The van der Waals surface area contributed by atoms with E-state index in [-0.39, 0.29) is 11.8 Å². The van der Waals surface area contributed by atoms with Crippen molar-refractivity contribution in [3.63, 3.8) is 0 Å². The molecule has 2 N–H and O–H groups in total. The number of hydrogen-bond acceptors (Lipinski definition) is 3. The van der Waals surface area contributed by atoms with E-state index in [1.54, 1.807) is 6.92 Å². The molecule has 1 aliphatic rings. The minimum Gasteiger partial charge on any atom is -0.387 e. The summed E-state index contributed by atoms with van der Waals surface area (Å²) in [6.45, 7) is 4.89. The first-order valence-electron chi connectivity index (χ1n) is 8.49. The summed E-state index contributed by atoms with van der Waals surface area (Å²) in [5, 5.41) is 13.2. The van der Waals surface area contributed by atoms with Crippen molar-refractivity contribution in [1.82, 2.24) is 10.2 Å². The van der Waals surface area contributed by atoms with Crippen molar-refractivity contribution < 1.29 is 9.90 Å². The fourth-order valence-corrected chi connectivity index (χ4v) is 3.37. The summed E-state index contributed by atoms with van der Waals surface area (Å²) in [6, 6.07) is 0. The molecule has 0 bridgehead atoms. The molecule has 1 fully saturated rings. The molecule has 21 heavy (non-hydrogen) atoms. The summed E-state index contributed by atoms with van der Waals surface area (Å²) in [6.07, 6.45) is 8.29. The lowest BCUT2D eigenvalue weighted by Crippen LogP contribution is -2.48. The zero-order chi connectivity index (χ0) is 15.9. The van der Waals surface area contributed by atoms with Crippen LogP contribution in [-0.2, 0) is 4.79 Å². The van der Waals surface area contributed by atoms with E-state index in [4.69, 9.17) is 0 Å². The third-order valence-electron chi connectivity index (χ3n) is 4.48. The number of hydrogen-bond donors (Lipinski definition) is 2. The molecule has 1 atom stereocenters. The van der Waals surface area contributed by atoms with Crippen LogP contribution in [0.1, 0.15) is 58.8 Å². The Balaban J connectivity index is 2.28. The van der Waals surface area contributed by atoms with E-state index in [1.165, 1.54) is 32.1 Å². The molecule has 124 valence electrons. The highest BCUT2D eigenvalue weighted by atomic mass is 16.3. The van der Waals surface area contributed by atoms with E-state index >= 15 is 0 Å². The maximum atomic E-state index is 12.2. The first-order valence-corrected chi connectivity index (χ1v) is 8.49. The van der Waals surface area contributed by atoms with Crippen molar-refractivity contribution in [2.24, 2.45) is 11.8 Å². The second-order valence-corrected chi connectivity index (χ2v) is 7.31. The molecule has 4 heteroatoms. The average Bonchev–Trinajstić information content (AvgIpc) is 2.42. The Morgan fingerprint density at radius 3 is 2.43 bits per heavy atom. The SMILES string of the molecule is CCCCC1CCC(C(=O)NCC(C)(O)CN(C)C)CC1. The number of aliphatic hydroxyl groups is 1. The lowest BCUT2D eigenvalue weighted by atomic mass is 9.79. The second-order valence-electron chi connectivity index (χ2n) is 7.31. The molecule has 1 aliphatic carbocycles. The van der Waals surface area contributed by atoms with Gasteiger partial charge in [0.1, 0.15) is 0 Å². The number of rotatable bonds is 8. The highest BCUT2D eigenvalue weighted by Gasteiger charge is 2.28. The third-order valence-corrected chi connectivity index (χ3v) is 4.48. The monoisotopic (exact) mass is 298 g/mol. The van der Waals surface area contributed by atoms with Crippen LogP contribution in [0.3, 0.4) is 0 Å². The predicted octanol–water partition coefficient (Wildman–Crippen LogP) is 2.41. The highest BCUT2D eigenvalue weighted by Crippen LogP contribution is 2.31. The van der Waals surface area contributed by atoms with Crippen molar-refractivity contribution in [1.29, 1.82) is 0 Å². The maximum absolute atomic E-state index is 12.2. The summed E-state index contributed by atoms with van der Waals surface area (Å²) in [5.74, 6) is 1.10. The molecular weight excluding hydrogens is 264 g/mol. The van der Waals surface area contributed by atoms with Gasteiger partial charge in [0.15, 0.2) is 0 Å². The van der Waals surface area contributed by atoms with Crippen molar-refractivity contribution in [3.8, 4) is 0 Å². The molecule has 4 nitrogen and oxygen atoms in total. The molecule has 0 aliphatic heterocycles. The third kappa shape index (κ3) is 7.28. The first-order chi connectivity index (χ1) is 9.84. The van der Waals surface area contributed by atoms with Gasteiger partial charge in [0.05, 0.1) is 5.60 Å². The number of likely N-dealkylation sites (N-methyl/N-ethyl adjacent to an activating group) is 1. The van der Waals surface area contributed by atoms with Crippen LogP contribution in [0.5, 0.6) is 0 Å². The minimum absolute atomic E-state index is 0.128. The lowest BCUT2D eigenvalue weighted by Gasteiger charge is -2.30. The van der Waals surface area contributed by atoms with Gasteiger partial charge in [-0.25, -0.2) is 0 Å². The Morgan fingerprint density at radius 1 is 1.29 bits per heavy atom. The van der Waals surface area contributed by atoms with Crippen LogP contribution in [0.4, 0.5) is 0 Å². The molecule has 1 unspecified atom stereocenters. The molecule has 1 amide bonds. The Labute approximate surface area is 130 Å². The zero-order valence-electron chi connectivity index (χ0n) is 14.3. The Hall–Kier alpha value is -0.610. The van der Waals surface area contributed by atoms with E-state index in [1.807, 2.05) is 19.0 Å². The quantitative estimate of drug-likeness (QED) is 0.723. The van der Waals surface area contributed by atoms with Gasteiger partial charge < -0.3 is 15.3 Å². The zero-order valence-corrected chi connectivity index (χ0v) is 14.3. The molecule has 0 spiro atoms. The van der Waals surface area contributed by atoms with Crippen LogP contribution < -0.4 is 5.32 Å². The van der Waals surface area contributed by atoms with E-state index in [2.05, 4.69) is 12.2 Å². The Morgan fingerprint density at radius 2 is 1.90 bits per heavy atom. The van der Waals surface area contributed by atoms with Gasteiger partial charge in [-0.2, -0.15) is 0 Å². The second kappa shape index (κ2) is 8.74. The molecule has 0 aromatic rings. The van der Waals surface area contributed by atoms with Crippen LogP contribution in [0.15, 0.2) is 0 Å². The van der Waals surface area contributed by atoms with Gasteiger partial charge in [-0.15, -0.1) is 0 Å². The van der Waals surface area contributed by atoms with E-state index < -0.39 is 5.60 Å². The Kier molecular flexibility index (Phi) is 7.67. The summed E-state index contributed by atoms with van der Waals surface area (Å²) in [5.41, 5.74) is -0.864. The maximum Gasteiger partial charge on any atom is 0.223 e. The van der Waals surface area contributed by atoms with Crippen LogP contribution in [0.25, 0.3) is 0 Å². The first kappa shape index (κ1) is 18.4. The minimum atomic E-state index is -0.864. The number of nitrogens with one attached hydrogen (secondary N) is 1. The van der Waals surface area contributed by atoms with Gasteiger partial charge in [-0.05, 0) is 52.6 Å². The largest absolute Gasteiger partial charge is 0.387 e. The standard InChI is InChI=1S/C17H34N2O2/c1-5-6-7-14-8-10-15(11-9-14)16(20)18-12-17(2,21)13-19(3)4/h14-15,21H,5-13H2,1-4H3,(H,18,20). The predicted molar refractivity (Wildman–Crippen MR) is 87.2 cm³/mol. The molecular formula is C17H34N2O2. The van der Waals surface area contributed by atoms with Crippen molar-refractivity contribution in [3.05, 3.63) is 0 Å². The van der Waals surface area contributed by atoms with Crippen LogP contribution in [0, 0.1) is 11.8 Å². The molecule has 1 saturated carbocycles. The summed E-state index contributed by atoms with van der Waals surface area (Å²) in [7, 11) is 3.85. The van der Waals surface area contributed by atoms with Crippen LogP contribution in [0.2, 0.25) is 0 Å². The van der Waals surface area contributed by atoms with Crippen LogP contribution >= 0.6 is 0 Å². The number of carbonyl (C=O) groups is 1. The van der Waals surface area contributed by atoms with Gasteiger partial charge in [-0.3, -0.25) is 4.79 Å². The molecule has 0 aromatic heterocycles. The summed E-state index contributed by atoms with van der Waals surface area (Å²) >= 11 is 0. The van der Waals surface area contributed by atoms with Gasteiger partial charge in [0.25, 0.3) is 0 Å². The molecule has 0 heterocycles. The van der Waals surface area contributed by atoms with Gasteiger partial charge in [0.2, 0.25) is 5.91 Å². The molecule has 0 aromatic carbocycles. The van der Waals surface area contributed by atoms with Gasteiger partial charge in [-0.1, -0.05) is 26.2 Å². The highest BCUT2D eigenvalue weighted by molar-refractivity contribution is 5.78. The Bertz CT molecular complexity index is 308. The van der Waals surface area contributed by atoms with Crippen molar-refractivity contribution in [2.45, 2.75) is 64.4 Å². The van der Waals surface area contributed by atoms with Crippen molar-refractivity contribution >= 4 is 5.91 Å². The topological polar surface area (TPSA) is 52.6 Å². The number of carbonyl (C=O) groups excluding carboxylic acids is 1. The molecule has 1 rings (SSSR count). The molecule has 0 radical (unpaired) electrons. The van der Waals surface area contributed by atoms with E-state index in [0.717, 1.165) is 18.8 Å². The number of amides is 1. The fraction of sp³-hybridized carbons (Fsp3) is 0.941. The lowest BCUT2D eigenvalue weighted by molar-refractivity contribution is -0.127. The smallest absolute Gasteiger partial charge is 0.223 e. The van der Waals surface area contributed by atoms with Gasteiger partial charge in [0, 0.05) is 19.0 Å².